The molecule has 0 saturated carbocycles. The van der Waals surface area contributed by atoms with Gasteiger partial charge in [-0.2, -0.15) is 48.3 Å². The first kappa shape index (κ1) is 26.2. The Labute approximate surface area is 163 Å². The normalized spacial score (nSPS) is 15.8. The number of aliphatic hydroxyl groups excluding tert-OH is 1. The topological polar surface area (TPSA) is 29.5 Å². The molecule has 2 nitrogen and oxygen atoms in total. The molecule has 0 amide bonds. The van der Waals surface area contributed by atoms with Crippen LogP contribution >= 0.6 is 0 Å². The predicted octanol–water partition coefficient (Wildman–Crippen LogP) is 6.39. The largest absolute Gasteiger partial charge is 0.488 e. The van der Waals surface area contributed by atoms with Crippen LogP contribution in [0.3, 0.4) is 0 Å². The first-order chi connectivity index (χ1) is 13.1. The first-order valence-corrected chi connectivity index (χ1v) is 8.12. The quantitative estimate of drug-likeness (QED) is 0.476. The molecule has 0 spiro atoms. The fraction of sp³-hybridized carbons (Fsp3) is 0.647. The van der Waals surface area contributed by atoms with Crippen LogP contribution in [0.1, 0.15) is 38.9 Å². The Balaban J connectivity index is 3.21. The maximum atomic E-state index is 13.8. The van der Waals surface area contributed by atoms with Crippen LogP contribution in [-0.4, -0.2) is 40.6 Å². The summed E-state index contributed by atoms with van der Waals surface area (Å²) in [6.45, 7) is 4.73. The molecule has 0 aliphatic carbocycles. The van der Waals surface area contributed by atoms with E-state index in [-0.39, 0.29) is 5.75 Å². The third-order valence-corrected chi connectivity index (χ3v) is 3.72. The van der Waals surface area contributed by atoms with E-state index in [1.165, 1.54) is 6.07 Å². The lowest BCUT2D eigenvalue weighted by atomic mass is 9.92. The lowest BCUT2D eigenvalue weighted by molar-refractivity contribution is -0.423. The molecule has 0 fully saturated rings. The summed E-state index contributed by atoms with van der Waals surface area (Å²) < 4.78 is 149. The molecule has 1 aromatic rings. The monoisotopic (exact) mass is 462 g/mol. The summed E-state index contributed by atoms with van der Waals surface area (Å²) in [5.41, 5.74) is -1.36. The van der Waals surface area contributed by atoms with Crippen molar-refractivity contribution in [1.82, 2.24) is 0 Å². The van der Waals surface area contributed by atoms with Crippen molar-refractivity contribution >= 4 is 0 Å². The zero-order chi connectivity index (χ0) is 24.0. The van der Waals surface area contributed by atoms with Gasteiger partial charge in [-0.25, -0.2) is 0 Å². The van der Waals surface area contributed by atoms with Crippen molar-refractivity contribution < 1.29 is 58.1 Å². The molecular weight excluding hydrogens is 445 g/mol. The van der Waals surface area contributed by atoms with Gasteiger partial charge in [-0.3, -0.25) is 0 Å². The van der Waals surface area contributed by atoms with E-state index in [1.807, 2.05) is 0 Å². The van der Waals surface area contributed by atoms with E-state index >= 15 is 0 Å². The summed E-state index contributed by atoms with van der Waals surface area (Å²) in [6.07, 6.45) is -12.4. The zero-order valence-corrected chi connectivity index (χ0v) is 15.6. The SMILES string of the molecule is CC(C)(C)Oc1cccc(C(O)CC(F)(F)C(F)(F)C(F)(F)C(F)(F)C(F)(F)F)c1. The molecule has 1 aromatic carbocycles. The highest BCUT2D eigenvalue weighted by molar-refractivity contribution is 5.30. The number of ether oxygens (including phenoxy) is 1. The van der Waals surface area contributed by atoms with Gasteiger partial charge in [-0.05, 0) is 38.5 Å². The van der Waals surface area contributed by atoms with E-state index in [0.29, 0.717) is 0 Å². The lowest BCUT2D eigenvalue weighted by Crippen LogP contribution is -2.66. The number of aliphatic hydroxyl groups is 1. The number of hydrogen-bond donors (Lipinski definition) is 1. The third kappa shape index (κ3) is 4.92. The van der Waals surface area contributed by atoms with Crippen molar-refractivity contribution in [1.29, 1.82) is 0 Å². The molecule has 1 unspecified atom stereocenters. The van der Waals surface area contributed by atoms with E-state index in [4.69, 9.17) is 4.74 Å². The predicted molar refractivity (Wildman–Crippen MR) is 82.2 cm³/mol. The maximum Gasteiger partial charge on any atom is 0.460 e. The summed E-state index contributed by atoms with van der Waals surface area (Å²) in [4.78, 5) is 0. The van der Waals surface area contributed by atoms with E-state index < -0.39 is 53.6 Å². The molecule has 0 heterocycles. The highest BCUT2D eigenvalue weighted by Crippen LogP contribution is 2.58. The lowest BCUT2D eigenvalue weighted by Gasteiger charge is -2.37. The number of halogens is 11. The van der Waals surface area contributed by atoms with Gasteiger partial charge in [0.1, 0.15) is 11.4 Å². The third-order valence-electron chi connectivity index (χ3n) is 3.72. The molecule has 0 aromatic heterocycles. The highest BCUT2D eigenvalue weighted by Gasteiger charge is 2.87. The fourth-order valence-corrected chi connectivity index (χ4v) is 2.23. The van der Waals surface area contributed by atoms with Crippen molar-refractivity contribution in [3.8, 4) is 5.75 Å². The Morgan fingerprint density at radius 1 is 0.800 bits per heavy atom. The van der Waals surface area contributed by atoms with Crippen LogP contribution in [0.15, 0.2) is 24.3 Å². The summed E-state index contributed by atoms with van der Waals surface area (Å²) in [6, 6.07) is 4.22. The molecule has 30 heavy (non-hydrogen) atoms. The molecule has 0 radical (unpaired) electrons. The van der Waals surface area contributed by atoms with Gasteiger partial charge in [0.2, 0.25) is 0 Å². The minimum absolute atomic E-state index is 0.0388. The summed E-state index contributed by atoms with van der Waals surface area (Å²) in [5, 5.41) is 9.75. The van der Waals surface area contributed by atoms with Crippen LogP contribution in [-0.2, 0) is 0 Å². The van der Waals surface area contributed by atoms with Crippen LogP contribution < -0.4 is 4.74 Å². The summed E-state index contributed by atoms with van der Waals surface area (Å²) in [5.74, 6) is -28.3. The van der Waals surface area contributed by atoms with E-state index in [1.54, 1.807) is 20.8 Å². The van der Waals surface area contributed by atoms with Crippen molar-refractivity contribution in [2.75, 3.05) is 0 Å². The molecule has 1 atom stereocenters. The van der Waals surface area contributed by atoms with E-state index in [9.17, 15) is 53.4 Å². The molecule has 0 aliphatic rings. The molecule has 174 valence electrons. The van der Waals surface area contributed by atoms with Gasteiger partial charge in [0.15, 0.2) is 0 Å². The zero-order valence-electron chi connectivity index (χ0n) is 15.6. The number of benzene rings is 1. The number of rotatable bonds is 7. The Kier molecular flexibility index (Phi) is 6.75. The summed E-state index contributed by atoms with van der Waals surface area (Å²) >= 11 is 0. The average Bonchev–Trinajstić information content (AvgIpc) is 2.51. The van der Waals surface area contributed by atoms with Crippen LogP contribution in [0.5, 0.6) is 5.75 Å². The highest BCUT2D eigenvalue weighted by atomic mass is 19.4. The van der Waals surface area contributed by atoms with Crippen LogP contribution in [0.4, 0.5) is 48.3 Å². The van der Waals surface area contributed by atoms with Gasteiger partial charge in [0.05, 0.1) is 6.10 Å². The second kappa shape index (κ2) is 7.72. The maximum absolute atomic E-state index is 13.8. The fourth-order valence-electron chi connectivity index (χ4n) is 2.23. The van der Waals surface area contributed by atoms with E-state index in [0.717, 1.165) is 18.2 Å². The minimum atomic E-state index is -7.50. The molecular formula is C17H17F11O2. The Morgan fingerprint density at radius 3 is 1.73 bits per heavy atom. The van der Waals surface area contributed by atoms with Gasteiger partial charge in [0, 0.05) is 6.42 Å². The van der Waals surface area contributed by atoms with Crippen molar-refractivity contribution in [3.63, 3.8) is 0 Å². The minimum Gasteiger partial charge on any atom is -0.488 e. The molecule has 13 heteroatoms. The van der Waals surface area contributed by atoms with E-state index in [2.05, 4.69) is 0 Å². The first-order valence-electron chi connectivity index (χ1n) is 8.12. The number of alkyl halides is 11. The van der Waals surface area contributed by atoms with Gasteiger partial charge in [-0.15, -0.1) is 0 Å². The molecule has 0 saturated heterocycles. The molecule has 0 bridgehead atoms. The Hall–Kier alpha value is -1.79. The van der Waals surface area contributed by atoms with Gasteiger partial charge < -0.3 is 9.84 Å². The second-order valence-corrected chi connectivity index (χ2v) is 7.43. The Bertz CT molecular complexity index is 736. The smallest absolute Gasteiger partial charge is 0.460 e. The second-order valence-electron chi connectivity index (χ2n) is 7.43. The average molecular weight is 462 g/mol. The van der Waals surface area contributed by atoms with Gasteiger partial charge >= 0.3 is 29.9 Å². The van der Waals surface area contributed by atoms with Crippen LogP contribution in [0.2, 0.25) is 0 Å². The van der Waals surface area contributed by atoms with Crippen LogP contribution in [0.25, 0.3) is 0 Å². The van der Waals surface area contributed by atoms with Gasteiger partial charge in [-0.1, -0.05) is 12.1 Å². The Morgan fingerprint density at radius 2 is 1.30 bits per heavy atom. The number of hydrogen-bond acceptors (Lipinski definition) is 2. The van der Waals surface area contributed by atoms with Crippen molar-refractivity contribution in [2.24, 2.45) is 0 Å². The van der Waals surface area contributed by atoms with Crippen molar-refractivity contribution in [3.05, 3.63) is 29.8 Å². The molecule has 1 rings (SSSR count). The molecule has 1 N–H and O–H groups in total. The van der Waals surface area contributed by atoms with Crippen molar-refractivity contribution in [2.45, 2.75) is 68.8 Å². The van der Waals surface area contributed by atoms with Crippen LogP contribution in [0, 0.1) is 0 Å². The molecule has 0 aliphatic heterocycles. The summed E-state index contributed by atoms with van der Waals surface area (Å²) in [7, 11) is 0. The van der Waals surface area contributed by atoms with Gasteiger partial charge in [0.25, 0.3) is 0 Å². The standard InChI is InChI=1S/C17H17F11O2/c1-12(2,3)30-10-6-4-5-9(7-10)11(29)8-13(18,19)14(20,21)15(22,23)16(24,25)17(26,27)28/h4-7,11,29H,8H2,1-3H3.